The molecule has 1 saturated heterocycles. The van der Waals surface area contributed by atoms with Crippen LogP contribution in [0.3, 0.4) is 0 Å². The minimum Gasteiger partial charge on any atom is -0.433 e. The Kier molecular flexibility index (Phi) is 4.14. The van der Waals surface area contributed by atoms with E-state index in [1.165, 1.54) is 6.07 Å². The van der Waals surface area contributed by atoms with Gasteiger partial charge in [0.2, 0.25) is 0 Å². The molecule has 0 saturated carbocycles. The molecule has 2 rings (SSSR count). The van der Waals surface area contributed by atoms with Crippen molar-refractivity contribution in [2.24, 2.45) is 0 Å². The van der Waals surface area contributed by atoms with Crippen LogP contribution in [0.2, 0.25) is 0 Å². The van der Waals surface area contributed by atoms with Crippen LogP contribution in [0, 0.1) is 0 Å². The van der Waals surface area contributed by atoms with Crippen molar-refractivity contribution in [2.75, 3.05) is 18.5 Å². The van der Waals surface area contributed by atoms with E-state index in [9.17, 15) is 8.78 Å². The summed E-state index contributed by atoms with van der Waals surface area (Å²) in [5.41, 5.74) is 0.611. The van der Waals surface area contributed by atoms with Crippen LogP contribution in [0.15, 0.2) is 24.3 Å². The highest BCUT2D eigenvalue weighted by molar-refractivity contribution is 5.56. The molecule has 0 aromatic heterocycles. The van der Waals surface area contributed by atoms with Gasteiger partial charge in [-0.3, -0.25) is 0 Å². The smallest absolute Gasteiger partial charge is 0.387 e. The first-order valence-electron chi connectivity index (χ1n) is 5.64. The summed E-state index contributed by atoms with van der Waals surface area (Å²) < 4.78 is 34.1. The minimum atomic E-state index is -2.80. The zero-order valence-electron chi connectivity index (χ0n) is 9.36. The molecule has 0 aliphatic carbocycles. The number of anilines is 1. The largest absolute Gasteiger partial charge is 0.433 e. The van der Waals surface area contributed by atoms with E-state index in [0.717, 1.165) is 12.8 Å². The summed E-state index contributed by atoms with van der Waals surface area (Å²) >= 11 is 0. The average Bonchev–Trinajstić information content (AvgIpc) is 2.32. The summed E-state index contributed by atoms with van der Waals surface area (Å²) in [6.45, 7) is -1.39. The Morgan fingerprint density at radius 2 is 1.94 bits per heavy atom. The van der Waals surface area contributed by atoms with Crippen LogP contribution >= 0.6 is 0 Å². The quantitative estimate of drug-likeness (QED) is 0.882. The number of hydrogen-bond donors (Lipinski definition) is 1. The molecule has 0 unspecified atom stereocenters. The number of alkyl halides is 2. The van der Waals surface area contributed by atoms with Crippen molar-refractivity contribution in [2.45, 2.75) is 25.5 Å². The number of nitrogens with one attached hydrogen (secondary N) is 1. The van der Waals surface area contributed by atoms with Gasteiger partial charge >= 0.3 is 6.61 Å². The number of para-hydroxylation sites is 2. The van der Waals surface area contributed by atoms with E-state index in [1.807, 2.05) is 0 Å². The predicted octanol–water partition coefficient (Wildman–Crippen LogP) is 2.88. The Balaban J connectivity index is 2.03. The topological polar surface area (TPSA) is 30.5 Å². The lowest BCUT2D eigenvalue weighted by molar-refractivity contribution is -0.0494. The summed E-state index contributed by atoms with van der Waals surface area (Å²) in [6, 6.07) is 7.00. The second-order valence-corrected chi connectivity index (χ2v) is 3.91. The summed E-state index contributed by atoms with van der Waals surface area (Å²) in [7, 11) is 0. The van der Waals surface area contributed by atoms with Gasteiger partial charge in [0.25, 0.3) is 0 Å². The zero-order chi connectivity index (χ0) is 12.1. The third kappa shape index (κ3) is 3.56. The van der Waals surface area contributed by atoms with Crippen LogP contribution in [-0.4, -0.2) is 25.9 Å². The summed E-state index contributed by atoms with van der Waals surface area (Å²) in [5.74, 6) is 0.189. The van der Waals surface area contributed by atoms with Crippen LogP contribution in [0.5, 0.6) is 5.75 Å². The molecule has 0 spiro atoms. The van der Waals surface area contributed by atoms with Crippen LogP contribution in [0.25, 0.3) is 0 Å². The molecule has 1 N–H and O–H groups in total. The fourth-order valence-corrected chi connectivity index (χ4v) is 1.85. The van der Waals surface area contributed by atoms with Gasteiger partial charge in [-0.25, -0.2) is 0 Å². The second-order valence-electron chi connectivity index (χ2n) is 3.91. The maximum Gasteiger partial charge on any atom is 0.387 e. The van der Waals surface area contributed by atoms with Gasteiger partial charge in [-0.2, -0.15) is 8.78 Å². The lowest BCUT2D eigenvalue weighted by atomic mass is 10.1. The van der Waals surface area contributed by atoms with Crippen LogP contribution < -0.4 is 10.1 Å². The first-order valence-corrected chi connectivity index (χ1v) is 5.64. The van der Waals surface area contributed by atoms with Crippen LogP contribution in [0.4, 0.5) is 14.5 Å². The summed E-state index contributed by atoms with van der Waals surface area (Å²) in [6.07, 6.45) is 1.76. The second kappa shape index (κ2) is 5.82. The van der Waals surface area contributed by atoms with Gasteiger partial charge in [0.15, 0.2) is 0 Å². The molecule has 1 aromatic rings. The maximum atomic E-state index is 12.2. The molecule has 17 heavy (non-hydrogen) atoms. The Morgan fingerprint density at radius 3 is 2.65 bits per heavy atom. The highest BCUT2D eigenvalue weighted by Crippen LogP contribution is 2.27. The van der Waals surface area contributed by atoms with E-state index >= 15 is 0 Å². The van der Waals surface area contributed by atoms with E-state index in [2.05, 4.69) is 10.1 Å². The Hall–Kier alpha value is -1.36. The number of ether oxygens (including phenoxy) is 2. The van der Waals surface area contributed by atoms with Gasteiger partial charge in [0, 0.05) is 19.3 Å². The van der Waals surface area contributed by atoms with E-state index in [-0.39, 0.29) is 11.8 Å². The molecule has 0 radical (unpaired) electrons. The molecule has 3 nitrogen and oxygen atoms in total. The van der Waals surface area contributed by atoms with Crippen molar-refractivity contribution < 1.29 is 18.3 Å². The molecule has 1 aliphatic rings. The van der Waals surface area contributed by atoms with Crippen LogP contribution in [0.1, 0.15) is 12.8 Å². The van der Waals surface area contributed by atoms with Gasteiger partial charge in [-0.15, -0.1) is 0 Å². The normalized spacial score (nSPS) is 17.1. The molecule has 0 amide bonds. The number of rotatable bonds is 4. The number of halogens is 2. The molecule has 0 bridgehead atoms. The fraction of sp³-hybridized carbons (Fsp3) is 0.500. The van der Waals surface area contributed by atoms with Gasteiger partial charge in [0.1, 0.15) is 5.75 Å². The predicted molar refractivity (Wildman–Crippen MR) is 60.5 cm³/mol. The third-order valence-electron chi connectivity index (χ3n) is 2.68. The fourth-order valence-electron chi connectivity index (χ4n) is 1.85. The highest BCUT2D eigenvalue weighted by Gasteiger charge is 2.16. The Labute approximate surface area is 98.7 Å². The van der Waals surface area contributed by atoms with E-state index in [0.29, 0.717) is 18.9 Å². The lowest BCUT2D eigenvalue weighted by Crippen LogP contribution is -2.28. The number of hydrogen-bond acceptors (Lipinski definition) is 3. The lowest BCUT2D eigenvalue weighted by Gasteiger charge is -2.25. The van der Waals surface area contributed by atoms with Gasteiger partial charge in [-0.05, 0) is 25.0 Å². The van der Waals surface area contributed by atoms with Crippen molar-refractivity contribution >= 4 is 5.69 Å². The summed E-state index contributed by atoms with van der Waals surface area (Å²) in [5, 5.41) is 3.22. The molecular formula is C12H15F2NO2. The number of benzene rings is 1. The molecule has 5 heteroatoms. The monoisotopic (exact) mass is 243 g/mol. The molecule has 94 valence electrons. The zero-order valence-corrected chi connectivity index (χ0v) is 9.36. The molecule has 1 heterocycles. The van der Waals surface area contributed by atoms with Crippen molar-refractivity contribution in [3.05, 3.63) is 24.3 Å². The van der Waals surface area contributed by atoms with Crippen LogP contribution in [-0.2, 0) is 4.74 Å². The van der Waals surface area contributed by atoms with Crippen molar-refractivity contribution in [1.29, 1.82) is 0 Å². The standard InChI is InChI=1S/C12H15F2NO2/c13-12(14)17-11-4-2-1-3-10(11)15-9-5-7-16-8-6-9/h1-4,9,12,15H,5-8H2. The Bertz CT molecular complexity index is 354. The minimum absolute atomic E-state index is 0.189. The molecular weight excluding hydrogens is 228 g/mol. The van der Waals surface area contributed by atoms with Gasteiger partial charge < -0.3 is 14.8 Å². The highest BCUT2D eigenvalue weighted by atomic mass is 19.3. The van der Waals surface area contributed by atoms with Gasteiger partial charge in [-0.1, -0.05) is 12.1 Å². The third-order valence-corrected chi connectivity index (χ3v) is 2.68. The first kappa shape index (κ1) is 12.1. The first-order chi connectivity index (χ1) is 8.25. The maximum absolute atomic E-state index is 12.2. The summed E-state index contributed by atoms with van der Waals surface area (Å²) in [4.78, 5) is 0. The SMILES string of the molecule is FC(F)Oc1ccccc1NC1CCOCC1. The van der Waals surface area contributed by atoms with E-state index in [4.69, 9.17) is 4.74 Å². The van der Waals surface area contributed by atoms with E-state index in [1.54, 1.807) is 18.2 Å². The van der Waals surface area contributed by atoms with E-state index < -0.39 is 6.61 Å². The average molecular weight is 243 g/mol. The van der Waals surface area contributed by atoms with Gasteiger partial charge in [0.05, 0.1) is 5.69 Å². The van der Waals surface area contributed by atoms with Crippen molar-refractivity contribution in [1.82, 2.24) is 0 Å². The van der Waals surface area contributed by atoms with Crippen molar-refractivity contribution in [3.8, 4) is 5.75 Å². The molecule has 0 atom stereocenters. The molecule has 1 aliphatic heterocycles. The molecule has 1 aromatic carbocycles. The molecule has 1 fully saturated rings. The Morgan fingerprint density at radius 1 is 1.24 bits per heavy atom. The van der Waals surface area contributed by atoms with Crippen molar-refractivity contribution in [3.63, 3.8) is 0 Å².